The lowest BCUT2D eigenvalue weighted by Crippen LogP contribution is -2.03. The van der Waals surface area contributed by atoms with E-state index in [1.54, 1.807) is 0 Å². The van der Waals surface area contributed by atoms with Crippen molar-refractivity contribution in [3.05, 3.63) is 218 Å². The molecule has 0 fully saturated rings. The maximum absolute atomic E-state index is 5.45. The van der Waals surface area contributed by atoms with Crippen LogP contribution in [0.5, 0.6) is 0 Å². The quantitative estimate of drug-likeness (QED) is 0.166. The molecule has 0 atom stereocenters. The van der Waals surface area contributed by atoms with Crippen LogP contribution in [0.25, 0.3) is 132 Å². The summed E-state index contributed by atoms with van der Waals surface area (Å²) in [4.78, 5) is 10.8. The summed E-state index contributed by atoms with van der Waals surface area (Å²) in [6.07, 6.45) is 0. The fraction of sp³-hybridized carbons (Fsp3) is 0. The summed E-state index contributed by atoms with van der Waals surface area (Å²) < 4.78 is 4.76. The summed E-state index contributed by atoms with van der Waals surface area (Å²) in [6.45, 7) is 0. The molecular formula is C60H36N4. The lowest BCUT2D eigenvalue weighted by Gasteiger charge is -2.16. The standard InChI is InChI=1S/C60H36N4/c1-3-18-38(19-4-1)57-47-27-13-15-29-52(47)61-60(62-57)64-53-30-16-14-28-48(53)56-55-44-25-11-9-23-42(44)49(36-51(55)43-24-10-12-26-45(43)59(56)64)39-32-34-54-50(35-39)46-33-31-37-17-7-8-22-41(37)58(46)63(54)40-20-5-2-6-21-40/h1-36H. The lowest BCUT2D eigenvalue weighted by atomic mass is 9.88. The van der Waals surface area contributed by atoms with E-state index in [2.05, 4.69) is 228 Å². The van der Waals surface area contributed by atoms with Gasteiger partial charge >= 0.3 is 0 Å². The molecule has 4 nitrogen and oxygen atoms in total. The topological polar surface area (TPSA) is 35.6 Å². The molecule has 0 radical (unpaired) electrons. The zero-order valence-electron chi connectivity index (χ0n) is 34.6. The maximum Gasteiger partial charge on any atom is 0.235 e. The van der Waals surface area contributed by atoms with Crippen molar-refractivity contribution >= 4 is 97.6 Å². The fourth-order valence-electron chi connectivity index (χ4n) is 10.7. The van der Waals surface area contributed by atoms with E-state index in [4.69, 9.17) is 9.97 Å². The van der Waals surface area contributed by atoms with E-state index in [1.807, 2.05) is 0 Å². The Kier molecular flexibility index (Phi) is 7.36. The molecule has 11 aromatic carbocycles. The predicted molar refractivity (Wildman–Crippen MR) is 269 cm³/mol. The monoisotopic (exact) mass is 812 g/mol. The first-order valence-corrected chi connectivity index (χ1v) is 21.9. The fourth-order valence-corrected chi connectivity index (χ4v) is 10.7. The first kappa shape index (κ1) is 35.0. The van der Waals surface area contributed by atoms with E-state index in [0.29, 0.717) is 5.95 Å². The van der Waals surface area contributed by atoms with Gasteiger partial charge in [0.25, 0.3) is 0 Å². The molecule has 3 heterocycles. The van der Waals surface area contributed by atoms with Crippen LogP contribution in [0, 0.1) is 0 Å². The van der Waals surface area contributed by atoms with Gasteiger partial charge in [-0.1, -0.05) is 176 Å². The zero-order chi connectivity index (χ0) is 41.9. The van der Waals surface area contributed by atoms with Crippen molar-refractivity contribution in [2.45, 2.75) is 0 Å². The summed E-state index contributed by atoms with van der Waals surface area (Å²) >= 11 is 0. The Hall–Kier alpha value is -8.60. The molecule has 3 aromatic heterocycles. The highest BCUT2D eigenvalue weighted by molar-refractivity contribution is 6.38. The number of hydrogen-bond acceptors (Lipinski definition) is 2. The predicted octanol–water partition coefficient (Wildman–Crippen LogP) is 15.8. The average Bonchev–Trinajstić information content (AvgIpc) is 3.90. The van der Waals surface area contributed by atoms with Crippen molar-refractivity contribution in [1.29, 1.82) is 0 Å². The van der Waals surface area contributed by atoms with Crippen molar-refractivity contribution < 1.29 is 0 Å². The Labute approximate surface area is 367 Å². The molecule has 0 aliphatic carbocycles. The highest BCUT2D eigenvalue weighted by Crippen LogP contribution is 2.48. The number of aromatic nitrogens is 4. The third-order valence-corrected chi connectivity index (χ3v) is 13.5. The Balaban J connectivity index is 1.09. The highest BCUT2D eigenvalue weighted by Gasteiger charge is 2.24. The molecule has 0 saturated carbocycles. The second-order valence-electron chi connectivity index (χ2n) is 16.9. The molecule has 14 aromatic rings. The minimum Gasteiger partial charge on any atom is -0.309 e. The summed E-state index contributed by atoms with van der Waals surface area (Å²) in [6, 6.07) is 79.1. The van der Waals surface area contributed by atoms with Gasteiger partial charge in [-0.3, -0.25) is 4.57 Å². The number of rotatable bonds is 4. The Morgan fingerprint density at radius 2 is 0.938 bits per heavy atom. The molecule has 296 valence electrons. The van der Waals surface area contributed by atoms with Gasteiger partial charge in [-0.2, -0.15) is 0 Å². The molecule has 0 aliphatic heterocycles. The molecule has 4 heteroatoms. The Morgan fingerprint density at radius 3 is 1.77 bits per heavy atom. The van der Waals surface area contributed by atoms with Crippen molar-refractivity contribution in [3.63, 3.8) is 0 Å². The first-order valence-electron chi connectivity index (χ1n) is 21.9. The Morgan fingerprint density at radius 1 is 0.312 bits per heavy atom. The van der Waals surface area contributed by atoms with Gasteiger partial charge in [0.1, 0.15) is 0 Å². The van der Waals surface area contributed by atoms with E-state index < -0.39 is 0 Å². The summed E-state index contributed by atoms with van der Waals surface area (Å²) in [5.41, 5.74) is 11.1. The van der Waals surface area contributed by atoms with Crippen LogP contribution in [0.15, 0.2) is 218 Å². The normalized spacial score (nSPS) is 12.1. The molecule has 0 amide bonds. The van der Waals surface area contributed by atoms with E-state index in [9.17, 15) is 0 Å². The number of nitrogens with zero attached hydrogens (tertiary/aromatic N) is 4. The minimum absolute atomic E-state index is 0.657. The maximum atomic E-state index is 5.45. The van der Waals surface area contributed by atoms with Crippen molar-refractivity contribution in [1.82, 2.24) is 19.1 Å². The minimum atomic E-state index is 0.657. The SMILES string of the molecule is c1ccc(-c2nc(-n3c4ccccc4c4c5c6ccccc6c(-c6ccc7c(c6)c6ccc8ccccc8c6n7-c6ccccc6)cc5c5ccccc5c43)nc3ccccc23)cc1. The molecule has 64 heavy (non-hydrogen) atoms. The van der Waals surface area contributed by atoms with Crippen LogP contribution < -0.4 is 0 Å². The number of para-hydroxylation sites is 3. The van der Waals surface area contributed by atoms with Gasteiger partial charge in [0.2, 0.25) is 5.95 Å². The zero-order valence-corrected chi connectivity index (χ0v) is 34.6. The van der Waals surface area contributed by atoms with E-state index in [-0.39, 0.29) is 0 Å². The van der Waals surface area contributed by atoms with E-state index in [0.717, 1.165) is 44.3 Å². The van der Waals surface area contributed by atoms with Crippen molar-refractivity contribution in [3.8, 4) is 34.0 Å². The van der Waals surface area contributed by atoms with Crippen LogP contribution in [0.4, 0.5) is 0 Å². The van der Waals surface area contributed by atoms with Gasteiger partial charge in [0, 0.05) is 54.3 Å². The van der Waals surface area contributed by atoms with Gasteiger partial charge in [0.15, 0.2) is 0 Å². The number of benzene rings is 11. The third kappa shape index (κ3) is 4.93. The van der Waals surface area contributed by atoms with Gasteiger partial charge in [-0.25, -0.2) is 9.97 Å². The molecule has 0 N–H and O–H groups in total. The highest BCUT2D eigenvalue weighted by atomic mass is 15.2. The molecule has 0 unspecified atom stereocenters. The third-order valence-electron chi connectivity index (χ3n) is 13.5. The van der Waals surface area contributed by atoms with Crippen LogP contribution in [0.3, 0.4) is 0 Å². The van der Waals surface area contributed by atoms with Crippen molar-refractivity contribution in [2.75, 3.05) is 0 Å². The van der Waals surface area contributed by atoms with Crippen LogP contribution in [-0.4, -0.2) is 19.1 Å². The second-order valence-corrected chi connectivity index (χ2v) is 16.9. The number of hydrogen-bond donors (Lipinski definition) is 0. The van der Waals surface area contributed by atoms with Crippen LogP contribution in [0.2, 0.25) is 0 Å². The van der Waals surface area contributed by atoms with Crippen LogP contribution >= 0.6 is 0 Å². The van der Waals surface area contributed by atoms with Crippen molar-refractivity contribution in [2.24, 2.45) is 0 Å². The molecule has 0 saturated heterocycles. The van der Waals surface area contributed by atoms with Crippen LogP contribution in [0.1, 0.15) is 0 Å². The smallest absolute Gasteiger partial charge is 0.235 e. The van der Waals surface area contributed by atoms with Gasteiger partial charge in [-0.15, -0.1) is 0 Å². The van der Waals surface area contributed by atoms with Gasteiger partial charge in [0.05, 0.1) is 33.3 Å². The molecule has 0 aliphatic rings. The Bertz CT molecular complexity index is 4240. The van der Waals surface area contributed by atoms with E-state index in [1.165, 1.54) is 81.4 Å². The van der Waals surface area contributed by atoms with E-state index >= 15 is 0 Å². The van der Waals surface area contributed by atoms with Crippen LogP contribution in [-0.2, 0) is 0 Å². The molecule has 0 bridgehead atoms. The molecular weight excluding hydrogens is 777 g/mol. The molecule has 0 spiro atoms. The first-order chi connectivity index (χ1) is 31.8. The summed E-state index contributed by atoms with van der Waals surface area (Å²) in [5.74, 6) is 0.657. The molecule has 14 rings (SSSR count). The average molecular weight is 813 g/mol. The second kappa shape index (κ2) is 13.4. The summed E-state index contributed by atoms with van der Waals surface area (Å²) in [7, 11) is 0. The number of fused-ring (bicyclic) bond motifs is 16. The summed E-state index contributed by atoms with van der Waals surface area (Å²) in [5, 5.41) is 15.6. The lowest BCUT2D eigenvalue weighted by molar-refractivity contribution is 1.02. The van der Waals surface area contributed by atoms with Gasteiger partial charge < -0.3 is 4.57 Å². The largest absolute Gasteiger partial charge is 0.309 e. The van der Waals surface area contributed by atoms with Gasteiger partial charge in [-0.05, 0) is 80.5 Å².